The smallest absolute Gasteiger partial charge is 0.275 e. The van der Waals surface area contributed by atoms with Gasteiger partial charge in [-0.2, -0.15) is 11.8 Å². The Morgan fingerprint density at radius 3 is 3.18 bits per heavy atom. The van der Waals surface area contributed by atoms with Gasteiger partial charge in [-0.3, -0.25) is 4.79 Å². The van der Waals surface area contributed by atoms with Gasteiger partial charge in [-0.1, -0.05) is 0 Å². The Morgan fingerprint density at radius 2 is 2.35 bits per heavy atom. The first-order valence-electron chi connectivity index (χ1n) is 5.14. The van der Waals surface area contributed by atoms with Crippen molar-refractivity contribution >= 4 is 34.6 Å². The van der Waals surface area contributed by atoms with Gasteiger partial charge in [-0.25, -0.2) is 4.98 Å². The average molecular weight is 270 g/mol. The molecule has 7 heteroatoms. The van der Waals surface area contributed by atoms with Crippen LogP contribution in [0.25, 0.3) is 11.0 Å². The molecular formula is C10H14N4OS2. The number of hydrogen-bond acceptors (Lipinski definition) is 5. The summed E-state index contributed by atoms with van der Waals surface area (Å²) in [5, 5.41) is 4.39. The van der Waals surface area contributed by atoms with Gasteiger partial charge in [-0.15, -0.1) is 11.8 Å². The summed E-state index contributed by atoms with van der Waals surface area (Å²) in [7, 11) is 0. The van der Waals surface area contributed by atoms with Crippen LogP contribution in [0.4, 0.5) is 0 Å². The monoisotopic (exact) mass is 270 g/mol. The zero-order valence-electron chi connectivity index (χ0n) is 9.45. The molecule has 17 heavy (non-hydrogen) atoms. The van der Waals surface area contributed by atoms with Crippen LogP contribution in [0.3, 0.4) is 0 Å². The Balaban J connectivity index is 2.00. The number of rotatable bonds is 6. The Hall–Kier alpha value is -0.920. The van der Waals surface area contributed by atoms with Crippen molar-refractivity contribution in [2.75, 3.05) is 17.2 Å². The molecule has 2 heterocycles. The number of aromatic amines is 2. The number of aromatic nitrogens is 3. The van der Waals surface area contributed by atoms with E-state index in [1.165, 1.54) is 6.33 Å². The Kier molecular flexibility index (Phi) is 4.52. The zero-order valence-corrected chi connectivity index (χ0v) is 11.1. The molecule has 0 aromatic carbocycles. The number of nitrogens with zero attached hydrogens (tertiary/aromatic N) is 1. The number of fused-ring (bicyclic) bond motifs is 1. The summed E-state index contributed by atoms with van der Waals surface area (Å²) < 4.78 is 0. The number of nitrogens with one attached hydrogen (secondary N) is 3. The standard InChI is InChI=1S/C10H14N4OS2/c1-16-6-17-5-11-2-7-3-12-9-8(7)13-4-14-10(9)15/h3-4,11-12H,2,5-6H2,1H3,(H,13,14,15). The third kappa shape index (κ3) is 3.05. The van der Waals surface area contributed by atoms with E-state index in [1.807, 2.05) is 29.7 Å². The minimum absolute atomic E-state index is 0.127. The first-order valence-corrected chi connectivity index (χ1v) is 7.69. The van der Waals surface area contributed by atoms with Crippen LogP contribution in [-0.4, -0.2) is 32.2 Å². The molecule has 92 valence electrons. The SMILES string of the molecule is CSCSCNCc1c[nH]c2c(=O)[nH]cnc12. The third-order valence-electron chi connectivity index (χ3n) is 2.27. The molecule has 0 aliphatic rings. The van der Waals surface area contributed by atoms with Crippen molar-refractivity contribution in [3.63, 3.8) is 0 Å². The van der Waals surface area contributed by atoms with E-state index < -0.39 is 0 Å². The molecule has 2 aromatic heterocycles. The van der Waals surface area contributed by atoms with E-state index in [-0.39, 0.29) is 5.56 Å². The second-order valence-electron chi connectivity index (χ2n) is 3.45. The molecule has 0 atom stereocenters. The summed E-state index contributed by atoms with van der Waals surface area (Å²) in [5.41, 5.74) is 2.19. The molecule has 3 N–H and O–H groups in total. The lowest BCUT2D eigenvalue weighted by Crippen LogP contribution is -2.12. The van der Waals surface area contributed by atoms with Crippen LogP contribution in [0.5, 0.6) is 0 Å². The van der Waals surface area contributed by atoms with Gasteiger partial charge in [0.15, 0.2) is 0 Å². The molecular weight excluding hydrogens is 256 g/mol. The quantitative estimate of drug-likeness (QED) is 0.546. The summed E-state index contributed by atoms with van der Waals surface area (Å²) in [5.74, 6) is 0.900. The number of thioether (sulfide) groups is 2. The second-order valence-corrected chi connectivity index (χ2v) is 5.67. The van der Waals surface area contributed by atoms with E-state index in [0.717, 1.165) is 28.6 Å². The Bertz CT molecular complexity index is 536. The third-order valence-corrected chi connectivity index (χ3v) is 4.29. The fourth-order valence-electron chi connectivity index (χ4n) is 1.52. The average Bonchev–Trinajstić information content (AvgIpc) is 2.74. The molecule has 0 unspecified atom stereocenters. The first kappa shape index (κ1) is 12.5. The minimum Gasteiger partial charge on any atom is -0.355 e. The van der Waals surface area contributed by atoms with Crippen LogP contribution in [0, 0.1) is 0 Å². The number of hydrogen-bond donors (Lipinski definition) is 3. The Labute approximate surface area is 107 Å². The van der Waals surface area contributed by atoms with E-state index in [9.17, 15) is 4.79 Å². The Morgan fingerprint density at radius 1 is 1.47 bits per heavy atom. The van der Waals surface area contributed by atoms with Crippen molar-refractivity contribution in [3.8, 4) is 0 Å². The first-order chi connectivity index (χ1) is 8.33. The zero-order chi connectivity index (χ0) is 12.1. The second kappa shape index (κ2) is 6.13. The molecule has 0 fully saturated rings. The molecule has 0 amide bonds. The largest absolute Gasteiger partial charge is 0.355 e. The molecule has 0 bridgehead atoms. The maximum Gasteiger partial charge on any atom is 0.275 e. The van der Waals surface area contributed by atoms with E-state index in [4.69, 9.17) is 0 Å². The summed E-state index contributed by atoms with van der Waals surface area (Å²) in [4.78, 5) is 21.1. The van der Waals surface area contributed by atoms with Gasteiger partial charge in [0.2, 0.25) is 0 Å². The molecule has 2 aromatic rings. The molecule has 0 aliphatic carbocycles. The van der Waals surface area contributed by atoms with E-state index in [1.54, 1.807) is 0 Å². The van der Waals surface area contributed by atoms with Crippen molar-refractivity contribution in [2.45, 2.75) is 6.54 Å². The van der Waals surface area contributed by atoms with E-state index >= 15 is 0 Å². The molecule has 0 saturated carbocycles. The van der Waals surface area contributed by atoms with Crippen LogP contribution >= 0.6 is 23.5 Å². The van der Waals surface area contributed by atoms with Gasteiger partial charge in [0.1, 0.15) is 5.52 Å². The fraction of sp³-hybridized carbons (Fsp3) is 0.400. The molecule has 5 nitrogen and oxygen atoms in total. The van der Waals surface area contributed by atoms with Gasteiger partial charge < -0.3 is 15.3 Å². The summed E-state index contributed by atoms with van der Waals surface area (Å²) in [6.07, 6.45) is 5.35. The molecule has 0 spiro atoms. The highest BCUT2D eigenvalue weighted by molar-refractivity contribution is 8.15. The van der Waals surface area contributed by atoms with Gasteiger partial charge in [0.05, 0.1) is 11.8 Å². The topological polar surface area (TPSA) is 73.6 Å². The van der Waals surface area contributed by atoms with Crippen LogP contribution in [-0.2, 0) is 6.54 Å². The van der Waals surface area contributed by atoms with Gasteiger partial charge in [-0.05, 0) is 6.26 Å². The summed E-state index contributed by atoms with van der Waals surface area (Å²) in [6.45, 7) is 0.720. The van der Waals surface area contributed by atoms with Gasteiger partial charge in [0, 0.05) is 29.3 Å². The van der Waals surface area contributed by atoms with E-state index in [0.29, 0.717) is 5.52 Å². The highest BCUT2D eigenvalue weighted by Crippen LogP contribution is 2.12. The van der Waals surface area contributed by atoms with Crippen molar-refractivity contribution in [1.29, 1.82) is 0 Å². The lowest BCUT2D eigenvalue weighted by atomic mass is 10.3. The predicted octanol–water partition coefficient (Wildman–Crippen LogP) is 1.35. The van der Waals surface area contributed by atoms with Crippen LogP contribution < -0.4 is 10.9 Å². The molecule has 2 rings (SSSR count). The van der Waals surface area contributed by atoms with Crippen molar-refractivity contribution in [1.82, 2.24) is 20.3 Å². The highest BCUT2D eigenvalue weighted by Gasteiger charge is 2.06. The summed E-state index contributed by atoms with van der Waals surface area (Å²) in [6, 6.07) is 0. The lowest BCUT2D eigenvalue weighted by Gasteiger charge is -2.02. The van der Waals surface area contributed by atoms with Crippen LogP contribution in [0.2, 0.25) is 0 Å². The molecule has 0 radical (unpaired) electrons. The summed E-state index contributed by atoms with van der Waals surface area (Å²) >= 11 is 3.65. The predicted molar refractivity (Wildman–Crippen MR) is 74.4 cm³/mol. The van der Waals surface area contributed by atoms with Crippen molar-refractivity contribution in [3.05, 3.63) is 28.4 Å². The number of H-pyrrole nitrogens is 2. The van der Waals surface area contributed by atoms with Gasteiger partial charge >= 0.3 is 0 Å². The maximum absolute atomic E-state index is 11.5. The van der Waals surface area contributed by atoms with Gasteiger partial charge in [0.25, 0.3) is 5.56 Å². The fourth-order valence-corrected chi connectivity index (χ4v) is 2.77. The van der Waals surface area contributed by atoms with E-state index in [2.05, 4.69) is 26.5 Å². The molecule has 0 aliphatic heterocycles. The van der Waals surface area contributed by atoms with Crippen molar-refractivity contribution in [2.24, 2.45) is 0 Å². The highest BCUT2D eigenvalue weighted by atomic mass is 32.2. The normalized spacial score (nSPS) is 11.1. The van der Waals surface area contributed by atoms with Crippen LogP contribution in [0.1, 0.15) is 5.56 Å². The van der Waals surface area contributed by atoms with Crippen LogP contribution in [0.15, 0.2) is 17.3 Å². The maximum atomic E-state index is 11.5. The minimum atomic E-state index is -0.127. The molecule has 0 saturated heterocycles. The van der Waals surface area contributed by atoms with Crippen molar-refractivity contribution < 1.29 is 0 Å². The lowest BCUT2D eigenvalue weighted by molar-refractivity contribution is 0.800.